The van der Waals surface area contributed by atoms with Crippen molar-refractivity contribution in [1.29, 1.82) is 0 Å². The van der Waals surface area contributed by atoms with Gasteiger partial charge in [0.05, 0.1) is 0 Å². The molecule has 0 amide bonds. The van der Waals surface area contributed by atoms with Crippen molar-refractivity contribution in [3.63, 3.8) is 0 Å². The van der Waals surface area contributed by atoms with Gasteiger partial charge in [0.15, 0.2) is 5.78 Å². The first-order valence-electron chi connectivity index (χ1n) is 6.29. The Kier molecular flexibility index (Phi) is 3.97. The van der Waals surface area contributed by atoms with Crippen molar-refractivity contribution in [3.05, 3.63) is 57.3 Å². The molecule has 0 fully saturated rings. The van der Waals surface area contributed by atoms with Crippen molar-refractivity contribution in [2.45, 2.75) is 33.1 Å². The second-order valence-corrected chi connectivity index (χ2v) is 6.02. The Hall–Kier alpha value is -1.41. The van der Waals surface area contributed by atoms with Crippen molar-refractivity contribution in [3.8, 4) is 0 Å². The highest BCUT2D eigenvalue weighted by Gasteiger charge is 2.22. The third-order valence-corrected chi connectivity index (χ3v) is 4.20. The maximum absolute atomic E-state index is 12.6. The molecule has 1 aromatic carbocycles. The van der Waals surface area contributed by atoms with Gasteiger partial charge in [-0.1, -0.05) is 37.3 Å². The summed E-state index contributed by atoms with van der Waals surface area (Å²) in [6, 6.07) is 12.1. The molecular formula is C16H18OS. The monoisotopic (exact) mass is 258 g/mol. The SMILES string of the molecule is CCC(C(=O)c1cc(C)sc1C)c1ccccc1. The number of Topliss-reactive ketones (excluding diaryl/α,β-unsaturated/α-hetero) is 1. The van der Waals surface area contributed by atoms with Crippen LogP contribution in [0.2, 0.25) is 0 Å². The Labute approximate surface area is 112 Å². The third-order valence-electron chi connectivity index (χ3n) is 3.23. The molecule has 0 N–H and O–H groups in total. The van der Waals surface area contributed by atoms with Crippen molar-refractivity contribution in [1.82, 2.24) is 0 Å². The average Bonchev–Trinajstić information content (AvgIpc) is 2.70. The molecule has 2 heteroatoms. The lowest BCUT2D eigenvalue weighted by atomic mass is 9.89. The van der Waals surface area contributed by atoms with E-state index in [9.17, 15) is 4.79 Å². The molecule has 0 aliphatic carbocycles. The normalized spacial score (nSPS) is 12.4. The summed E-state index contributed by atoms with van der Waals surface area (Å²) >= 11 is 1.70. The van der Waals surface area contributed by atoms with Crippen molar-refractivity contribution < 1.29 is 4.79 Å². The Morgan fingerprint density at radius 1 is 1.22 bits per heavy atom. The van der Waals surface area contributed by atoms with E-state index >= 15 is 0 Å². The molecule has 0 aliphatic rings. The van der Waals surface area contributed by atoms with Gasteiger partial charge in [0.2, 0.25) is 0 Å². The Bertz CT molecular complexity index is 539. The molecule has 1 heterocycles. The lowest BCUT2D eigenvalue weighted by Gasteiger charge is -2.13. The smallest absolute Gasteiger partial charge is 0.171 e. The summed E-state index contributed by atoms with van der Waals surface area (Å²) in [5.41, 5.74) is 2.02. The Morgan fingerprint density at radius 3 is 2.39 bits per heavy atom. The Balaban J connectivity index is 2.34. The van der Waals surface area contributed by atoms with Gasteiger partial charge >= 0.3 is 0 Å². The number of benzene rings is 1. The molecule has 2 rings (SSSR count). The van der Waals surface area contributed by atoms with E-state index in [4.69, 9.17) is 0 Å². The van der Waals surface area contributed by atoms with E-state index in [-0.39, 0.29) is 11.7 Å². The zero-order valence-corrected chi connectivity index (χ0v) is 11.9. The molecule has 0 saturated carbocycles. The second kappa shape index (κ2) is 5.49. The van der Waals surface area contributed by atoms with Crippen LogP contribution in [0, 0.1) is 13.8 Å². The summed E-state index contributed by atoms with van der Waals surface area (Å²) in [6.07, 6.45) is 0.844. The zero-order chi connectivity index (χ0) is 13.1. The van der Waals surface area contributed by atoms with Crippen LogP contribution in [-0.4, -0.2) is 5.78 Å². The maximum atomic E-state index is 12.6. The zero-order valence-electron chi connectivity index (χ0n) is 11.1. The highest BCUT2D eigenvalue weighted by Crippen LogP contribution is 2.29. The van der Waals surface area contributed by atoms with E-state index in [1.807, 2.05) is 43.3 Å². The molecule has 0 aliphatic heterocycles. The first-order valence-corrected chi connectivity index (χ1v) is 7.11. The van der Waals surface area contributed by atoms with Gasteiger partial charge in [0.25, 0.3) is 0 Å². The van der Waals surface area contributed by atoms with Crippen molar-refractivity contribution >= 4 is 17.1 Å². The number of hydrogen-bond donors (Lipinski definition) is 0. The van der Waals surface area contributed by atoms with Crippen LogP contribution in [0.25, 0.3) is 0 Å². The highest BCUT2D eigenvalue weighted by atomic mass is 32.1. The van der Waals surface area contributed by atoms with E-state index in [0.29, 0.717) is 0 Å². The summed E-state index contributed by atoms with van der Waals surface area (Å²) in [7, 11) is 0. The lowest BCUT2D eigenvalue weighted by Crippen LogP contribution is -2.12. The first-order chi connectivity index (χ1) is 8.63. The minimum atomic E-state index is -0.0149. The fourth-order valence-electron chi connectivity index (χ4n) is 2.32. The molecule has 0 spiro atoms. The maximum Gasteiger partial charge on any atom is 0.171 e. The van der Waals surface area contributed by atoms with Crippen LogP contribution in [0.4, 0.5) is 0 Å². The van der Waals surface area contributed by atoms with Gasteiger partial charge in [-0.3, -0.25) is 4.79 Å². The van der Waals surface area contributed by atoms with Crippen LogP contribution in [0.15, 0.2) is 36.4 Å². The second-order valence-electron chi connectivity index (χ2n) is 4.56. The topological polar surface area (TPSA) is 17.1 Å². The van der Waals surface area contributed by atoms with E-state index in [0.717, 1.165) is 22.4 Å². The quantitative estimate of drug-likeness (QED) is 0.724. The van der Waals surface area contributed by atoms with Crippen LogP contribution < -0.4 is 0 Å². The van der Waals surface area contributed by atoms with Gasteiger partial charge in [-0.15, -0.1) is 11.3 Å². The summed E-state index contributed by atoms with van der Waals surface area (Å²) in [4.78, 5) is 15.0. The van der Waals surface area contributed by atoms with Gasteiger partial charge in [-0.25, -0.2) is 0 Å². The van der Waals surface area contributed by atoms with Crippen molar-refractivity contribution in [2.24, 2.45) is 0 Å². The van der Waals surface area contributed by atoms with Gasteiger partial charge < -0.3 is 0 Å². The molecule has 2 aromatic rings. The van der Waals surface area contributed by atoms with Crippen LogP contribution in [0.5, 0.6) is 0 Å². The van der Waals surface area contributed by atoms with Gasteiger partial charge in [0.1, 0.15) is 0 Å². The van der Waals surface area contributed by atoms with Gasteiger partial charge in [0, 0.05) is 21.2 Å². The number of rotatable bonds is 4. The summed E-state index contributed by atoms with van der Waals surface area (Å²) < 4.78 is 0. The van der Waals surface area contributed by atoms with Crippen LogP contribution >= 0.6 is 11.3 Å². The molecule has 1 unspecified atom stereocenters. The number of aryl methyl sites for hydroxylation is 2. The molecule has 1 aromatic heterocycles. The summed E-state index contributed by atoms with van der Waals surface area (Å²) in [5, 5.41) is 0. The predicted molar refractivity (Wildman–Crippen MR) is 77.6 cm³/mol. The van der Waals surface area contributed by atoms with E-state index < -0.39 is 0 Å². The van der Waals surface area contributed by atoms with E-state index in [2.05, 4.69) is 13.8 Å². The van der Waals surface area contributed by atoms with Crippen LogP contribution in [-0.2, 0) is 0 Å². The number of carbonyl (C=O) groups excluding carboxylic acids is 1. The minimum Gasteiger partial charge on any atom is -0.293 e. The van der Waals surface area contributed by atoms with Crippen LogP contribution in [0.1, 0.15) is 44.9 Å². The lowest BCUT2D eigenvalue weighted by molar-refractivity contribution is 0.0957. The number of thiophene rings is 1. The Morgan fingerprint density at radius 2 is 1.89 bits per heavy atom. The molecule has 1 nitrogen and oxygen atoms in total. The third kappa shape index (κ3) is 2.54. The summed E-state index contributed by atoms with van der Waals surface area (Å²) in [5.74, 6) is 0.240. The highest BCUT2D eigenvalue weighted by molar-refractivity contribution is 7.12. The number of hydrogen-bond acceptors (Lipinski definition) is 2. The standard InChI is InChI=1S/C16H18OS/c1-4-14(13-8-6-5-7-9-13)16(17)15-10-11(2)18-12(15)3/h5-10,14H,4H2,1-3H3. The minimum absolute atomic E-state index is 0.0149. The van der Waals surface area contributed by atoms with E-state index in [1.54, 1.807) is 11.3 Å². The molecule has 1 atom stereocenters. The average molecular weight is 258 g/mol. The molecular weight excluding hydrogens is 240 g/mol. The molecule has 94 valence electrons. The molecule has 0 radical (unpaired) electrons. The largest absolute Gasteiger partial charge is 0.293 e. The first kappa shape index (κ1) is 13.0. The number of ketones is 1. The molecule has 18 heavy (non-hydrogen) atoms. The fraction of sp³-hybridized carbons (Fsp3) is 0.312. The molecule has 0 bridgehead atoms. The fourth-order valence-corrected chi connectivity index (χ4v) is 3.25. The van der Waals surface area contributed by atoms with Crippen molar-refractivity contribution in [2.75, 3.05) is 0 Å². The van der Waals surface area contributed by atoms with Crippen LogP contribution in [0.3, 0.4) is 0 Å². The summed E-state index contributed by atoms with van der Waals surface area (Å²) in [6.45, 7) is 6.16. The molecule has 0 saturated heterocycles. The van der Waals surface area contributed by atoms with Gasteiger partial charge in [-0.05, 0) is 31.9 Å². The predicted octanol–water partition coefficient (Wildman–Crippen LogP) is 4.74. The number of carbonyl (C=O) groups is 1. The van der Waals surface area contributed by atoms with Gasteiger partial charge in [-0.2, -0.15) is 0 Å². The van der Waals surface area contributed by atoms with E-state index in [1.165, 1.54) is 4.88 Å².